The molecule has 7 heteroatoms. The van der Waals surface area contributed by atoms with Gasteiger partial charge in [-0.3, -0.25) is 9.48 Å². The molecular weight excluding hydrogens is 282 g/mol. The number of aryl methyl sites for hydroxylation is 1. The van der Waals surface area contributed by atoms with Crippen LogP contribution >= 0.6 is 0 Å². The summed E-state index contributed by atoms with van der Waals surface area (Å²) in [5.41, 5.74) is 1.28. The second-order valence-electron chi connectivity index (χ2n) is 5.18. The Morgan fingerprint density at radius 1 is 1.41 bits per heavy atom. The molecule has 3 rings (SSSR count). The molecule has 2 aromatic rings. The summed E-state index contributed by atoms with van der Waals surface area (Å²) in [4.78, 5) is 18.7. The summed E-state index contributed by atoms with van der Waals surface area (Å²) < 4.78 is 7.40. The van der Waals surface area contributed by atoms with Gasteiger partial charge in [0.2, 0.25) is 0 Å². The molecule has 1 aliphatic rings. The molecular formula is C15H19N5O2. The predicted octanol–water partition coefficient (Wildman–Crippen LogP) is 1.07. The van der Waals surface area contributed by atoms with Gasteiger partial charge in [0.25, 0.3) is 5.91 Å². The largest absolute Gasteiger partial charge is 0.373 e. The number of nitrogens with zero attached hydrogens (tertiary/aromatic N) is 4. The summed E-state index contributed by atoms with van der Waals surface area (Å²) in [5, 5.41) is 7.18. The van der Waals surface area contributed by atoms with Crippen LogP contribution in [-0.2, 0) is 11.8 Å². The van der Waals surface area contributed by atoms with Crippen molar-refractivity contribution in [3.63, 3.8) is 0 Å². The fraction of sp³-hybridized carbons (Fsp3) is 0.400. The minimum atomic E-state index is -0.213. The van der Waals surface area contributed by atoms with E-state index in [4.69, 9.17) is 4.74 Å². The molecule has 3 heterocycles. The molecule has 7 nitrogen and oxygen atoms in total. The Hall–Kier alpha value is -2.41. The van der Waals surface area contributed by atoms with Crippen molar-refractivity contribution in [3.8, 4) is 0 Å². The molecule has 22 heavy (non-hydrogen) atoms. The summed E-state index contributed by atoms with van der Waals surface area (Å²) in [6, 6.07) is 7.47. The Labute approximate surface area is 128 Å². The number of pyridine rings is 1. The van der Waals surface area contributed by atoms with Gasteiger partial charge in [0.05, 0.1) is 18.8 Å². The van der Waals surface area contributed by atoms with E-state index in [9.17, 15) is 4.79 Å². The van der Waals surface area contributed by atoms with Crippen LogP contribution in [0.1, 0.15) is 22.3 Å². The lowest BCUT2D eigenvalue weighted by molar-refractivity contribution is -0.0248. The van der Waals surface area contributed by atoms with Crippen molar-refractivity contribution in [3.05, 3.63) is 41.9 Å². The molecule has 0 unspecified atom stereocenters. The fourth-order valence-corrected chi connectivity index (χ4v) is 2.47. The average Bonchev–Trinajstić information content (AvgIpc) is 3.01. The zero-order valence-electron chi connectivity index (χ0n) is 12.7. The normalized spacial score (nSPS) is 18.3. The van der Waals surface area contributed by atoms with Crippen LogP contribution in [0.2, 0.25) is 0 Å². The standard InChI is InChI=1S/C15H19N5O2/c1-16-14-5-3-4-11(17-14)13-10-20(8-9-22-13)15(21)12-6-7-19(2)18-12/h3-7,13H,8-10H2,1-2H3,(H,16,17)/t13-/m0/s1. The molecule has 1 N–H and O–H groups in total. The van der Waals surface area contributed by atoms with Crippen molar-refractivity contribution in [2.45, 2.75) is 6.10 Å². The van der Waals surface area contributed by atoms with Crippen LogP contribution in [-0.4, -0.2) is 52.3 Å². The SMILES string of the molecule is CNc1cccc([C@@H]2CN(C(=O)c3ccn(C)n3)CCO2)n1. The van der Waals surface area contributed by atoms with E-state index >= 15 is 0 Å². The Morgan fingerprint density at radius 3 is 3.00 bits per heavy atom. The summed E-state index contributed by atoms with van der Waals surface area (Å²) in [6.07, 6.45) is 1.55. The maximum absolute atomic E-state index is 12.5. The van der Waals surface area contributed by atoms with E-state index in [1.807, 2.05) is 25.2 Å². The molecule has 2 aromatic heterocycles. The number of aromatic nitrogens is 3. The van der Waals surface area contributed by atoms with Crippen molar-refractivity contribution < 1.29 is 9.53 Å². The first kappa shape index (κ1) is 14.5. The molecule has 1 saturated heterocycles. The maximum Gasteiger partial charge on any atom is 0.274 e. The topological polar surface area (TPSA) is 72.3 Å². The van der Waals surface area contributed by atoms with Crippen LogP contribution in [0.4, 0.5) is 5.82 Å². The van der Waals surface area contributed by atoms with E-state index in [0.29, 0.717) is 25.4 Å². The van der Waals surface area contributed by atoms with Gasteiger partial charge in [-0.05, 0) is 18.2 Å². The smallest absolute Gasteiger partial charge is 0.274 e. The summed E-state index contributed by atoms with van der Waals surface area (Å²) in [6.45, 7) is 1.54. The minimum absolute atomic E-state index is 0.0707. The van der Waals surface area contributed by atoms with Crippen molar-refractivity contribution in [2.75, 3.05) is 32.1 Å². The Kier molecular flexibility index (Phi) is 4.06. The van der Waals surface area contributed by atoms with Gasteiger partial charge in [-0.2, -0.15) is 5.10 Å². The fourth-order valence-electron chi connectivity index (χ4n) is 2.47. The molecule has 116 valence electrons. The van der Waals surface area contributed by atoms with Gasteiger partial charge in [-0.25, -0.2) is 4.98 Å². The van der Waals surface area contributed by atoms with Crippen molar-refractivity contribution in [1.29, 1.82) is 0 Å². The Bertz CT molecular complexity index is 669. The van der Waals surface area contributed by atoms with Crippen LogP contribution in [0.15, 0.2) is 30.5 Å². The van der Waals surface area contributed by atoms with Crippen LogP contribution in [0, 0.1) is 0 Å². The molecule has 0 spiro atoms. The number of rotatable bonds is 3. The summed E-state index contributed by atoms with van der Waals surface area (Å²) in [7, 11) is 3.62. The van der Waals surface area contributed by atoms with Crippen LogP contribution in [0.25, 0.3) is 0 Å². The van der Waals surface area contributed by atoms with Crippen LogP contribution in [0.3, 0.4) is 0 Å². The summed E-state index contributed by atoms with van der Waals surface area (Å²) in [5.74, 6) is 0.716. The van der Waals surface area contributed by atoms with Crippen LogP contribution in [0.5, 0.6) is 0 Å². The van der Waals surface area contributed by atoms with Crippen LogP contribution < -0.4 is 5.32 Å². The third kappa shape index (κ3) is 2.94. The monoisotopic (exact) mass is 301 g/mol. The van der Waals surface area contributed by atoms with Gasteiger partial charge >= 0.3 is 0 Å². The highest BCUT2D eigenvalue weighted by Crippen LogP contribution is 2.22. The molecule has 0 bridgehead atoms. The molecule has 1 fully saturated rings. The third-order valence-electron chi connectivity index (χ3n) is 3.64. The number of hydrogen-bond acceptors (Lipinski definition) is 5. The molecule has 0 radical (unpaired) electrons. The Morgan fingerprint density at radius 2 is 2.27 bits per heavy atom. The number of hydrogen-bond donors (Lipinski definition) is 1. The van der Waals surface area contributed by atoms with E-state index in [0.717, 1.165) is 11.5 Å². The highest BCUT2D eigenvalue weighted by Gasteiger charge is 2.28. The lowest BCUT2D eigenvalue weighted by Crippen LogP contribution is -2.42. The summed E-state index contributed by atoms with van der Waals surface area (Å²) >= 11 is 0. The number of anilines is 1. The number of nitrogens with one attached hydrogen (secondary N) is 1. The van der Waals surface area contributed by atoms with Crippen molar-refractivity contribution in [2.24, 2.45) is 7.05 Å². The lowest BCUT2D eigenvalue weighted by Gasteiger charge is -2.32. The second kappa shape index (κ2) is 6.15. The maximum atomic E-state index is 12.5. The molecule has 1 aliphatic heterocycles. The third-order valence-corrected chi connectivity index (χ3v) is 3.64. The first-order chi connectivity index (χ1) is 10.7. The number of ether oxygens (including phenoxy) is 1. The van der Waals surface area contributed by atoms with E-state index < -0.39 is 0 Å². The zero-order valence-corrected chi connectivity index (χ0v) is 12.7. The minimum Gasteiger partial charge on any atom is -0.373 e. The number of morpholine rings is 1. The Balaban J connectivity index is 1.75. The van der Waals surface area contributed by atoms with E-state index in [1.165, 1.54) is 0 Å². The number of carbonyl (C=O) groups is 1. The zero-order chi connectivity index (χ0) is 15.5. The molecule has 1 amide bonds. The average molecular weight is 301 g/mol. The lowest BCUT2D eigenvalue weighted by atomic mass is 10.1. The number of amides is 1. The molecule has 0 aliphatic carbocycles. The molecule has 1 atom stereocenters. The van der Waals surface area contributed by atoms with Gasteiger partial charge < -0.3 is 15.0 Å². The number of carbonyl (C=O) groups excluding carboxylic acids is 1. The van der Waals surface area contributed by atoms with Gasteiger partial charge in [0, 0.05) is 26.8 Å². The highest BCUT2D eigenvalue weighted by molar-refractivity contribution is 5.92. The van der Waals surface area contributed by atoms with Crippen molar-refractivity contribution in [1.82, 2.24) is 19.7 Å². The highest BCUT2D eigenvalue weighted by atomic mass is 16.5. The molecule has 0 saturated carbocycles. The first-order valence-electron chi connectivity index (χ1n) is 7.22. The van der Waals surface area contributed by atoms with Crippen molar-refractivity contribution >= 4 is 11.7 Å². The van der Waals surface area contributed by atoms with E-state index in [2.05, 4.69) is 15.4 Å². The van der Waals surface area contributed by atoms with E-state index in [-0.39, 0.29) is 12.0 Å². The van der Waals surface area contributed by atoms with E-state index in [1.54, 1.807) is 28.9 Å². The first-order valence-corrected chi connectivity index (χ1v) is 7.22. The predicted molar refractivity (Wildman–Crippen MR) is 81.6 cm³/mol. The second-order valence-corrected chi connectivity index (χ2v) is 5.18. The van der Waals surface area contributed by atoms with Gasteiger partial charge in [-0.1, -0.05) is 6.07 Å². The molecule has 0 aromatic carbocycles. The van der Waals surface area contributed by atoms with Gasteiger partial charge in [-0.15, -0.1) is 0 Å². The quantitative estimate of drug-likeness (QED) is 0.918. The van der Waals surface area contributed by atoms with Gasteiger partial charge in [0.15, 0.2) is 0 Å². The van der Waals surface area contributed by atoms with Gasteiger partial charge in [0.1, 0.15) is 17.6 Å².